The monoisotopic (exact) mass is 319 g/mol. The van der Waals surface area contributed by atoms with Crippen LogP contribution in [0.4, 0.5) is 0 Å². The first-order chi connectivity index (χ1) is 9.09. The van der Waals surface area contributed by atoms with Crippen molar-refractivity contribution in [1.29, 1.82) is 0 Å². The minimum absolute atomic E-state index is 0.136. The Labute approximate surface area is 126 Å². The molecular formula is C13H25N3O2S2. The molecule has 7 heteroatoms. The topological polar surface area (TPSA) is 75.4 Å². The highest BCUT2D eigenvalue weighted by Gasteiger charge is 2.26. The molecule has 0 aliphatic heterocycles. The first-order valence-electron chi connectivity index (χ1n) is 6.50. The zero-order chi connectivity index (χ0) is 15.6. The lowest BCUT2D eigenvalue weighted by atomic mass is 9.93. The van der Waals surface area contributed by atoms with Crippen molar-refractivity contribution in [3.8, 4) is 0 Å². The van der Waals surface area contributed by atoms with Gasteiger partial charge in [0.15, 0.2) is 0 Å². The summed E-state index contributed by atoms with van der Waals surface area (Å²) >= 11 is 1.39. The molecule has 0 aliphatic carbocycles. The van der Waals surface area contributed by atoms with E-state index in [2.05, 4.69) is 9.62 Å². The summed E-state index contributed by atoms with van der Waals surface area (Å²) in [5.74, 6) is 0. The summed E-state index contributed by atoms with van der Waals surface area (Å²) in [6.07, 6.45) is 0. The fourth-order valence-electron chi connectivity index (χ4n) is 2.26. The molecule has 0 amide bonds. The summed E-state index contributed by atoms with van der Waals surface area (Å²) in [5.41, 5.74) is 6.24. The van der Waals surface area contributed by atoms with Gasteiger partial charge in [-0.25, -0.2) is 13.1 Å². The summed E-state index contributed by atoms with van der Waals surface area (Å²) < 4.78 is 27.6. The van der Waals surface area contributed by atoms with Gasteiger partial charge in [0.25, 0.3) is 0 Å². The van der Waals surface area contributed by atoms with Gasteiger partial charge in [-0.05, 0) is 37.4 Å². The predicted octanol–water partition coefficient (Wildman–Crippen LogP) is 1.38. The maximum absolute atomic E-state index is 12.5. The normalized spacial score (nSPS) is 13.2. The second kappa shape index (κ2) is 6.53. The molecule has 3 N–H and O–H groups in total. The lowest BCUT2D eigenvalue weighted by molar-refractivity contribution is 0.242. The minimum Gasteiger partial charge on any atom is -0.326 e. The minimum atomic E-state index is -3.50. The molecular weight excluding hydrogens is 294 g/mol. The molecule has 5 nitrogen and oxygen atoms in total. The van der Waals surface area contributed by atoms with Gasteiger partial charge in [0.05, 0.1) is 0 Å². The van der Waals surface area contributed by atoms with Crippen LogP contribution in [-0.2, 0) is 16.6 Å². The van der Waals surface area contributed by atoms with E-state index in [-0.39, 0.29) is 12.0 Å². The van der Waals surface area contributed by atoms with Gasteiger partial charge in [-0.2, -0.15) is 0 Å². The van der Waals surface area contributed by atoms with Crippen molar-refractivity contribution >= 4 is 21.4 Å². The molecule has 0 bridgehead atoms. The van der Waals surface area contributed by atoms with Gasteiger partial charge in [-0.3, -0.25) is 0 Å². The van der Waals surface area contributed by atoms with Crippen LogP contribution in [0.15, 0.2) is 10.3 Å². The van der Waals surface area contributed by atoms with Crippen molar-refractivity contribution in [2.75, 3.05) is 27.2 Å². The lowest BCUT2D eigenvalue weighted by Crippen LogP contribution is -2.40. The Balaban J connectivity index is 2.88. The van der Waals surface area contributed by atoms with E-state index >= 15 is 0 Å². The van der Waals surface area contributed by atoms with Crippen molar-refractivity contribution in [2.45, 2.75) is 32.2 Å². The predicted molar refractivity (Wildman–Crippen MR) is 84.5 cm³/mol. The number of hydrogen-bond acceptors (Lipinski definition) is 5. The quantitative estimate of drug-likeness (QED) is 0.796. The van der Waals surface area contributed by atoms with Crippen LogP contribution in [-0.4, -0.2) is 40.5 Å². The first-order valence-corrected chi connectivity index (χ1v) is 8.87. The molecule has 1 aromatic rings. The van der Waals surface area contributed by atoms with Gasteiger partial charge in [0.2, 0.25) is 10.0 Å². The summed E-state index contributed by atoms with van der Waals surface area (Å²) in [6, 6.07) is 0. The summed E-state index contributed by atoms with van der Waals surface area (Å²) in [4.78, 5) is 3.11. The SMILES string of the molecule is Cc1csc(CN)c1S(=O)(=O)NCC(C)(C)CN(C)C. The van der Waals surface area contributed by atoms with E-state index in [1.807, 2.05) is 33.3 Å². The molecule has 0 aliphatic rings. The standard InChI is InChI=1S/C13H25N3O2S2/c1-10-7-19-11(6-14)12(10)20(17,18)15-8-13(2,3)9-16(4)5/h7,15H,6,8-9,14H2,1-5H3. The van der Waals surface area contributed by atoms with Gasteiger partial charge in [0.1, 0.15) is 4.90 Å². The molecule has 1 heterocycles. The first kappa shape index (κ1) is 17.6. The van der Waals surface area contributed by atoms with E-state index in [0.29, 0.717) is 16.3 Å². The molecule has 20 heavy (non-hydrogen) atoms. The molecule has 0 atom stereocenters. The van der Waals surface area contributed by atoms with Gasteiger partial charge >= 0.3 is 0 Å². The van der Waals surface area contributed by atoms with E-state index in [1.165, 1.54) is 11.3 Å². The third-order valence-electron chi connectivity index (χ3n) is 2.93. The van der Waals surface area contributed by atoms with Gasteiger partial charge in [0, 0.05) is 24.5 Å². The van der Waals surface area contributed by atoms with E-state index in [4.69, 9.17) is 5.73 Å². The molecule has 1 aromatic heterocycles. The zero-order valence-electron chi connectivity index (χ0n) is 12.9. The van der Waals surface area contributed by atoms with E-state index in [9.17, 15) is 8.42 Å². The maximum atomic E-state index is 12.5. The summed E-state index contributed by atoms with van der Waals surface area (Å²) in [7, 11) is 0.458. The number of nitrogens with two attached hydrogens (primary N) is 1. The molecule has 0 spiro atoms. The third kappa shape index (κ3) is 4.53. The Morgan fingerprint density at radius 3 is 2.50 bits per heavy atom. The maximum Gasteiger partial charge on any atom is 0.242 e. The zero-order valence-corrected chi connectivity index (χ0v) is 14.5. The van der Waals surface area contributed by atoms with Crippen LogP contribution in [0.25, 0.3) is 0 Å². The number of nitrogens with one attached hydrogen (secondary N) is 1. The number of hydrogen-bond donors (Lipinski definition) is 2. The fraction of sp³-hybridized carbons (Fsp3) is 0.692. The molecule has 0 saturated carbocycles. The molecule has 0 saturated heterocycles. The Morgan fingerprint density at radius 1 is 1.40 bits per heavy atom. The second-order valence-corrected chi connectivity index (χ2v) is 8.77. The van der Waals surface area contributed by atoms with Crippen LogP contribution < -0.4 is 10.5 Å². The van der Waals surface area contributed by atoms with Crippen LogP contribution in [0.2, 0.25) is 0 Å². The van der Waals surface area contributed by atoms with Crippen LogP contribution in [0, 0.1) is 12.3 Å². The second-order valence-electron chi connectivity index (χ2n) is 6.10. The number of rotatable bonds is 7. The molecule has 0 fully saturated rings. The van der Waals surface area contributed by atoms with Crippen molar-refractivity contribution in [1.82, 2.24) is 9.62 Å². The Kier molecular flexibility index (Phi) is 5.74. The molecule has 0 aromatic carbocycles. The Morgan fingerprint density at radius 2 is 2.00 bits per heavy atom. The highest BCUT2D eigenvalue weighted by molar-refractivity contribution is 7.89. The van der Waals surface area contributed by atoms with E-state index in [0.717, 1.165) is 12.1 Å². The number of thiophene rings is 1. The van der Waals surface area contributed by atoms with Crippen molar-refractivity contribution in [3.05, 3.63) is 15.8 Å². The molecule has 1 rings (SSSR count). The van der Waals surface area contributed by atoms with Crippen LogP contribution in [0.1, 0.15) is 24.3 Å². The summed E-state index contributed by atoms with van der Waals surface area (Å²) in [6.45, 7) is 7.33. The number of sulfonamides is 1. The highest BCUT2D eigenvalue weighted by atomic mass is 32.2. The van der Waals surface area contributed by atoms with Crippen LogP contribution in [0.3, 0.4) is 0 Å². The smallest absolute Gasteiger partial charge is 0.242 e. The molecule has 0 unspecified atom stereocenters. The number of aryl methyl sites for hydroxylation is 1. The van der Waals surface area contributed by atoms with Gasteiger partial charge in [-0.15, -0.1) is 11.3 Å². The Hall–Kier alpha value is -0.470. The molecule has 0 radical (unpaired) electrons. The van der Waals surface area contributed by atoms with Gasteiger partial charge < -0.3 is 10.6 Å². The molecule has 116 valence electrons. The van der Waals surface area contributed by atoms with Crippen molar-refractivity contribution < 1.29 is 8.42 Å². The van der Waals surface area contributed by atoms with Crippen molar-refractivity contribution in [3.63, 3.8) is 0 Å². The average molecular weight is 319 g/mol. The van der Waals surface area contributed by atoms with Crippen LogP contribution in [0.5, 0.6) is 0 Å². The third-order valence-corrected chi connectivity index (χ3v) is 5.81. The summed E-state index contributed by atoms with van der Waals surface area (Å²) in [5, 5.41) is 1.84. The van der Waals surface area contributed by atoms with E-state index < -0.39 is 10.0 Å². The van der Waals surface area contributed by atoms with Crippen molar-refractivity contribution in [2.24, 2.45) is 11.1 Å². The highest BCUT2D eigenvalue weighted by Crippen LogP contribution is 2.27. The van der Waals surface area contributed by atoms with Gasteiger partial charge in [-0.1, -0.05) is 13.8 Å². The van der Waals surface area contributed by atoms with E-state index in [1.54, 1.807) is 6.92 Å². The fourth-order valence-corrected chi connectivity index (χ4v) is 5.20. The largest absolute Gasteiger partial charge is 0.326 e. The average Bonchev–Trinajstić information content (AvgIpc) is 2.67. The van der Waals surface area contributed by atoms with Crippen LogP contribution >= 0.6 is 11.3 Å². The Bertz CT molecular complexity index is 548. The number of nitrogens with zero attached hydrogens (tertiary/aromatic N) is 1. The lowest BCUT2D eigenvalue weighted by Gasteiger charge is -2.28.